The Morgan fingerprint density at radius 2 is 2.00 bits per heavy atom. The van der Waals surface area contributed by atoms with E-state index < -0.39 is 6.03 Å². The van der Waals surface area contributed by atoms with Gasteiger partial charge in [-0.1, -0.05) is 25.4 Å². The average Bonchev–Trinajstić information content (AvgIpc) is 2.92. The number of nitrogens with zero attached hydrogens (tertiary/aromatic N) is 4. The second kappa shape index (κ2) is 7.89. The van der Waals surface area contributed by atoms with Crippen LogP contribution in [0.3, 0.4) is 0 Å². The van der Waals surface area contributed by atoms with Gasteiger partial charge in [0.05, 0.1) is 18.5 Å². The molecular weight excluding hydrogens is 381 g/mol. The summed E-state index contributed by atoms with van der Waals surface area (Å²) >= 11 is 5.91. The van der Waals surface area contributed by atoms with Gasteiger partial charge in [0.15, 0.2) is 5.65 Å². The van der Waals surface area contributed by atoms with Crippen LogP contribution >= 0.6 is 11.6 Å². The van der Waals surface area contributed by atoms with Crippen LogP contribution in [0.4, 0.5) is 16.3 Å². The molecule has 0 aromatic carbocycles. The number of hydrazine groups is 1. The minimum absolute atomic E-state index is 0.211. The first-order valence-corrected chi connectivity index (χ1v) is 9.05. The first-order valence-electron chi connectivity index (χ1n) is 8.67. The molecule has 10 heteroatoms. The van der Waals surface area contributed by atoms with Crippen molar-refractivity contribution in [3.63, 3.8) is 0 Å². The predicted molar refractivity (Wildman–Crippen MR) is 109 cm³/mol. The first-order chi connectivity index (χ1) is 13.3. The molecule has 148 valence electrons. The number of halogens is 1. The van der Waals surface area contributed by atoms with E-state index in [1.165, 1.54) is 13.2 Å². The fourth-order valence-electron chi connectivity index (χ4n) is 2.93. The third kappa shape index (κ3) is 4.09. The van der Waals surface area contributed by atoms with Crippen molar-refractivity contribution in [1.29, 1.82) is 0 Å². The van der Waals surface area contributed by atoms with E-state index in [2.05, 4.69) is 45.1 Å². The number of amides is 2. The number of fused-ring (bicyclic) bond motifs is 1. The van der Waals surface area contributed by atoms with Crippen LogP contribution in [-0.2, 0) is 7.05 Å². The van der Waals surface area contributed by atoms with Crippen molar-refractivity contribution in [2.24, 2.45) is 7.05 Å². The molecule has 3 aromatic heterocycles. The van der Waals surface area contributed by atoms with Gasteiger partial charge in [-0.3, -0.25) is 15.5 Å². The van der Waals surface area contributed by atoms with Crippen LogP contribution in [0, 0.1) is 6.92 Å². The third-order valence-electron chi connectivity index (χ3n) is 4.16. The van der Waals surface area contributed by atoms with Crippen molar-refractivity contribution in [3.8, 4) is 5.88 Å². The predicted octanol–water partition coefficient (Wildman–Crippen LogP) is 3.61. The summed E-state index contributed by atoms with van der Waals surface area (Å²) < 4.78 is 6.76. The second-order valence-corrected chi connectivity index (χ2v) is 6.97. The van der Waals surface area contributed by atoms with Crippen molar-refractivity contribution < 1.29 is 9.53 Å². The van der Waals surface area contributed by atoms with Crippen LogP contribution in [0.1, 0.15) is 31.0 Å². The van der Waals surface area contributed by atoms with Crippen molar-refractivity contribution in [2.45, 2.75) is 26.7 Å². The lowest BCUT2D eigenvalue weighted by molar-refractivity contribution is 0.254. The van der Waals surface area contributed by atoms with Crippen LogP contribution in [0.2, 0.25) is 5.15 Å². The molecule has 0 saturated carbocycles. The van der Waals surface area contributed by atoms with E-state index in [0.29, 0.717) is 17.4 Å². The summed E-state index contributed by atoms with van der Waals surface area (Å²) in [6.07, 6.45) is 0. The monoisotopic (exact) mass is 402 g/mol. The lowest BCUT2D eigenvalue weighted by Crippen LogP contribution is -2.34. The van der Waals surface area contributed by atoms with Gasteiger partial charge in [-0.2, -0.15) is 5.10 Å². The Bertz CT molecular complexity index is 1030. The number of hydrogen-bond acceptors (Lipinski definition) is 6. The van der Waals surface area contributed by atoms with Crippen LogP contribution in [0.5, 0.6) is 5.88 Å². The smallest absolute Gasteiger partial charge is 0.337 e. The number of aromatic nitrogens is 4. The summed E-state index contributed by atoms with van der Waals surface area (Å²) in [6.45, 7) is 6.17. The summed E-state index contributed by atoms with van der Waals surface area (Å²) in [6, 6.07) is 4.50. The summed E-state index contributed by atoms with van der Waals surface area (Å²) in [4.78, 5) is 20.7. The molecule has 3 rings (SSSR count). The maximum atomic E-state index is 12.2. The number of anilines is 2. The largest absolute Gasteiger partial charge is 0.481 e. The Kier molecular flexibility index (Phi) is 5.55. The van der Waals surface area contributed by atoms with E-state index in [1.54, 1.807) is 10.7 Å². The van der Waals surface area contributed by atoms with E-state index in [-0.39, 0.29) is 11.1 Å². The molecule has 3 N–H and O–H groups in total. The number of rotatable bonds is 5. The summed E-state index contributed by atoms with van der Waals surface area (Å²) in [5.74, 6) is 1.09. The number of urea groups is 1. The molecule has 0 unspecified atom stereocenters. The zero-order valence-corrected chi connectivity index (χ0v) is 17.0. The number of carbonyl (C=O) groups is 1. The normalized spacial score (nSPS) is 11.0. The van der Waals surface area contributed by atoms with Gasteiger partial charge >= 0.3 is 6.03 Å². The summed E-state index contributed by atoms with van der Waals surface area (Å²) in [7, 11) is 3.31. The Morgan fingerprint density at radius 3 is 2.68 bits per heavy atom. The topological polar surface area (TPSA) is 106 Å². The lowest BCUT2D eigenvalue weighted by atomic mass is 10.00. The maximum absolute atomic E-state index is 12.2. The Morgan fingerprint density at radius 1 is 1.25 bits per heavy atom. The van der Waals surface area contributed by atoms with Crippen LogP contribution in [0.15, 0.2) is 18.2 Å². The maximum Gasteiger partial charge on any atom is 0.337 e. The molecule has 0 fully saturated rings. The number of methoxy groups -OCH3 is 1. The van der Waals surface area contributed by atoms with E-state index >= 15 is 0 Å². The van der Waals surface area contributed by atoms with E-state index in [9.17, 15) is 4.79 Å². The van der Waals surface area contributed by atoms with Crippen LogP contribution < -0.4 is 20.9 Å². The van der Waals surface area contributed by atoms with Gasteiger partial charge in [0, 0.05) is 18.5 Å². The van der Waals surface area contributed by atoms with Crippen molar-refractivity contribution in [2.75, 3.05) is 17.9 Å². The molecule has 0 saturated heterocycles. The number of carbonyl (C=O) groups excluding carboxylic acids is 1. The molecule has 0 aliphatic heterocycles. The van der Waals surface area contributed by atoms with Crippen LogP contribution in [-0.4, -0.2) is 32.9 Å². The van der Waals surface area contributed by atoms with Gasteiger partial charge in [0.2, 0.25) is 5.88 Å². The quantitative estimate of drug-likeness (QED) is 0.444. The standard InChI is InChI=1S/C18H22ClN7O2/c1-9(2)12-8-14(22-17-16(12)10(3)25-26(17)4)23-24-18(27)20-11-6-13(19)21-15(7-11)28-5/h6-9H,1-5H3,(H,22,23)(H2,20,21,24,27)/i5-1. The third-order valence-corrected chi connectivity index (χ3v) is 4.36. The molecule has 2 amide bonds. The molecule has 0 bridgehead atoms. The molecule has 28 heavy (non-hydrogen) atoms. The minimum atomic E-state index is -0.487. The van der Waals surface area contributed by atoms with Gasteiger partial charge < -0.3 is 10.1 Å². The number of ether oxygens (including phenoxy) is 1. The molecular formula is C18H22ClN7O2. The molecule has 9 nitrogen and oxygen atoms in total. The SMILES string of the molecule is Cc1nn(C)c2nc(NNC(=O)Nc3cc(Cl)nc(O[11CH3])c3)cc(C(C)C)c12. The molecule has 0 atom stereocenters. The van der Waals surface area contributed by atoms with Gasteiger partial charge in [-0.05, 0) is 30.5 Å². The average molecular weight is 403 g/mol. The van der Waals surface area contributed by atoms with Crippen LogP contribution in [0.25, 0.3) is 11.0 Å². The molecule has 3 heterocycles. The Hall–Kier alpha value is -3.07. The number of aryl methyl sites for hydroxylation is 2. The lowest BCUT2D eigenvalue weighted by Gasteiger charge is -2.13. The van der Waals surface area contributed by atoms with Crippen molar-refractivity contribution >= 4 is 40.2 Å². The fraction of sp³-hybridized carbons (Fsp3) is 0.333. The number of hydrogen-bond donors (Lipinski definition) is 3. The highest BCUT2D eigenvalue weighted by molar-refractivity contribution is 6.29. The van der Waals surface area contributed by atoms with E-state index in [1.807, 2.05) is 20.0 Å². The van der Waals surface area contributed by atoms with E-state index in [4.69, 9.17) is 16.3 Å². The molecule has 0 radical (unpaired) electrons. The highest BCUT2D eigenvalue weighted by Crippen LogP contribution is 2.29. The van der Waals surface area contributed by atoms with Gasteiger partial charge in [0.1, 0.15) is 11.0 Å². The number of nitrogens with one attached hydrogen (secondary N) is 3. The summed E-state index contributed by atoms with van der Waals surface area (Å²) in [5.41, 5.74) is 8.63. The number of pyridine rings is 2. The van der Waals surface area contributed by atoms with Gasteiger partial charge in [0.25, 0.3) is 0 Å². The summed E-state index contributed by atoms with van der Waals surface area (Å²) in [5, 5.41) is 8.35. The van der Waals surface area contributed by atoms with E-state index in [0.717, 1.165) is 22.3 Å². The first kappa shape index (κ1) is 19.7. The highest BCUT2D eigenvalue weighted by atomic mass is 35.5. The fourth-order valence-corrected chi connectivity index (χ4v) is 3.13. The molecule has 0 spiro atoms. The van der Waals surface area contributed by atoms with Crippen molar-refractivity contribution in [3.05, 3.63) is 34.6 Å². The zero-order chi connectivity index (χ0) is 20.4. The highest BCUT2D eigenvalue weighted by Gasteiger charge is 2.16. The van der Waals surface area contributed by atoms with Crippen molar-refractivity contribution in [1.82, 2.24) is 25.2 Å². The van der Waals surface area contributed by atoms with Gasteiger partial charge in [-0.15, -0.1) is 0 Å². The molecule has 0 aliphatic rings. The zero-order valence-electron chi connectivity index (χ0n) is 16.3. The molecule has 0 aliphatic carbocycles. The second-order valence-electron chi connectivity index (χ2n) is 6.58. The Balaban J connectivity index is 1.77. The minimum Gasteiger partial charge on any atom is -0.481 e. The molecule has 3 aromatic rings. The van der Waals surface area contributed by atoms with Gasteiger partial charge in [-0.25, -0.2) is 14.8 Å². The Labute approximate surface area is 167 Å².